The van der Waals surface area contributed by atoms with Crippen LogP contribution in [0.1, 0.15) is 213 Å². The summed E-state index contributed by atoms with van der Waals surface area (Å²) in [6.07, 6.45) is 41.7. The van der Waals surface area contributed by atoms with Gasteiger partial charge in [0.15, 0.2) is 12.4 Å². The largest absolute Gasteiger partial charge is 0.454 e. The molecule has 382 valence electrons. The second kappa shape index (κ2) is 43.6. The van der Waals surface area contributed by atoms with Crippen molar-refractivity contribution in [2.45, 2.75) is 262 Å². The molecule has 0 aromatic carbocycles. The van der Waals surface area contributed by atoms with Crippen molar-refractivity contribution >= 4 is 11.9 Å². The molecule has 0 radical (unpaired) electrons. The van der Waals surface area contributed by atoms with Crippen LogP contribution in [0.3, 0.4) is 0 Å². The van der Waals surface area contributed by atoms with Crippen LogP contribution in [-0.2, 0) is 23.8 Å². The van der Waals surface area contributed by atoms with E-state index in [0.29, 0.717) is 12.8 Å². The standard InChI is InChI=1S/C55H97NO10/c1-4-7-10-13-16-19-22-25-28-31-34-37-40-43-50(60)66-53-52(62)51(61)49(44-57)65-55(53)64-45-46(47(58)41-38-35-32-29-26-23-20-17-14-11-8-5-2)56-54(63)48(59)42-39-36-33-30-27-24-21-18-15-12-9-6-3/h25,27-28,30,34,36-39,41,46-49,51-53,55,57-59,61-62H,4-24,26,29,31-33,35,40,42-45H2,1-3H3,(H,56,63)/b28-25-,30-27-,37-34+,39-36+,41-38+. The summed E-state index contributed by atoms with van der Waals surface area (Å²) in [5.74, 6) is -1.34. The van der Waals surface area contributed by atoms with Gasteiger partial charge >= 0.3 is 5.97 Å². The average molecular weight is 932 g/mol. The Morgan fingerprint density at radius 1 is 0.591 bits per heavy atom. The van der Waals surface area contributed by atoms with Crippen molar-refractivity contribution in [1.29, 1.82) is 0 Å². The lowest BCUT2D eigenvalue weighted by atomic mass is 9.99. The number of carbonyl (C=O) groups excluding carboxylic acids is 2. The maximum Gasteiger partial charge on any atom is 0.306 e. The van der Waals surface area contributed by atoms with Crippen LogP contribution < -0.4 is 5.32 Å². The lowest BCUT2D eigenvalue weighted by Crippen LogP contribution is -2.61. The summed E-state index contributed by atoms with van der Waals surface area (Å²) in [6, 6.07) is -1.06. The molecule has 1 aliphatic rings. The van der Waals surface area contributed by atoms with E-state index in [2.05, 4.69) is 50.4 Å². The van der Waals surface area contributed by atoms with Crippen LogP contribution in [0.4, 0.5) is 0 Å². The third-order valence-corrected chi connectivity index (χ3v) is 12.2. The third kappa shape index (κ3) is 32.2. The van der Waals surface area contributed by atoms with Crippen molar-refractivity contribution in [3.05, 3.63) is 60.8 Å². The molecule has 1 aliphatic heterocycles. The smallest absolute Gasteiger partial charge is 0.306 e. The second-order valence-corrected chi connectivity index (χ2v) is 18.3. The third-order valence-electron chi connectivity index (χ3n) is 12.2. The van der Waals surface area contributed by atoms with Gasteiger partial charge in [-0.2, -0.15) is 0 Å². The molecular weight excluding hydrogens is 835 g/mol. The predicted molar refractivity (Wildman–Crippen MR) is 269 cm³/mol. The zero-order chi connectivity index (χ0) is 48.3. The molecular formula is C55H97NO10. The van der Waals surface area contributed by atoms with Gasteiger partial charge in [0.2, 0.25) is 5.91 Å². The number of nitrogens with one attached hydrogen (secondary N) is 1. The second-order valence-electron chi connectivity index (χ2n) is 18.3. The molecule has 0 bridgehead atoms. The highest BCUT2D eigenvalue weighted by Crippen LogP contribution is 2.26. The Balaban J connectivity index is 2.85. The molecule has 11 heteroatoms. The molecule has 8 atom stereocenters. The first kappa shape index (κ1) is 61.4. The Morgan fingerprint density at radius 2 is 1.05 bits per heavy atom. The molecule has 6 N–H and O–H groups in total. The van der Waals surface area contributed by atoms with Gasteiger partial charge in [0, 0.05) is 12.8 Å². The number of ether oxygens (including phenoxy) is 3. The summed E-state index contributed by atoms with van der Waals surface area (Å²) in [7, 11) is 0. The van der Waals surface area contributed by atoms with E-state index < -0.39 is 67.4 Å². The first-order valence-electron chi connectivity index (χ1n) is 26.6. The van der Waals surface area contributed by atoms with Gasteiger partial charge in [-0.1, -0.05) is 204 Å². The Hall–Kier alpha value is -2.64. The Labute approximate surface area is 401 Å². The molecule has 1 rings (SSSR count). The lowest BCUT2D eigenvalue weighted by molar-refractivity contribution is -0.305. The number of esters is 1. The van der Waals surface area contributed by atoms with Gasteiger partial charge in [-0.05, 0) is 57.8 Å². The number of unbranched alkanes of at least 4 members (excludes halogenated alkanes) is 22. The van der Waals surface area contributed by atoms with Crippen molar-refractivity contribution in [2.75, 3.05) is 13.2 Å². The van der Waals surface area contributed by atoms with Crippen LogP contribution in [0.5, 0.6) is 0 Å². The fraction of sp³-hybridized carbons (Fsp3) is 0.782. The summed E-state index contributed by atoms with van der Waals surface area (Å²) in [6.45, 7) is 5.66. The fourth-order valence-corrected chi connectivity index (χ4v) is 7.86. The van der Waals surface area contributed by atoms with E-state index in [1.54, 1.807) is 12.2 Å². The van der Waals surface area contributed by atoms with Crippen molar-refractivity contribution in [3.63, 3.8) is 0 Å². The topological polar surface area (TPSA) is 175 Å². The van der Waals surface area contributed by atoms with Crippen molar-refractivity contribution < 1.29 is 49.3 Å². The quantitative estimate of drug-likeness (QED) is 0.0196. The van der Waals surface area contributed by atoms with Gasteiger partial charge in [0.1, 0.15) is 24.4 Å². The van der Waals surface area contributed by atoms with E-state index in [1.807, 2.05) is 24.3 Å². The first-order chi connectivity index (χ1) is 32.2. The van der Waals surface area contributed by atoms with Crippen molar-refractivity contribution in [2.24, 2.45) is 0 Å². The monoisotopic (exact) mass is 932 g/mol. The van der Waals surface area contributed by atoms with E-state index in [9.17, 15) is 35.1 Å². The molecule has 0 aromatic rings. The van der Waals surface area contributed by atoms with E-state index in [-0.39, 0.29) is 19.4 Å². The molecule has 1 fully saturated rings. The maximum atomic E-state index is 13.3. The van der Waals surface area contributed by atoms with Gasteiger partial charge in [-0.25, -0.2) is 0 Å². The minimum Gasteiger partial charge on any atom is -0.454 e. The van der Waals surface area contributed by atoms with E-state index in [4.69, 9.17) is 14.2 Å². The van der Waals surface area contributed by atoms with Gasteiger partial charge < -0.3 is 45.1 Å². The number of hydrogen-bond acceptors (Lipinski definition) is 10. The summed E-state index contributed by atoms with van der Waals surface area (Å²) in [5, 5.41) is 56.4. The number of rotatable bonds is 43. The summed E-state index contributed by atoms with van der Waals surface area (Å²) >= 11 is 0. The van der Waals surface area contributed by atoms with Crippen LogP contribution in [0.15, 0.2) is 60.8 Å². The highest BCUT2D eigenvalue weighted by Gasteiger charge is 2.47. The molecule has 1 saturated heterocycles. The molecule has 0 aliphatic carbocycles. The number of aliphatic hydroxyl groups excluding tert-OH is 5. The molecule has 1 heterocycles. The Bertz CT molecular complexity index is 1300. The maximum absolute atomic E-state index is 13.3. The lowest BCUT2D eigenvalue weighted by Gasteiger charge is -2.41. The van der Waals surface area contributed by atoms with Crippen LogP contribution in [0.2, 0.25) is 0 Å². The molecule has 11 nitrogen and oxygen atoms in total. The average Bonchev–Trinajstić information content (AvgIpc) is 3.31. The minimum atomic E-state index is -1.64. The van der Waals surface area contributed by atoms with E-state index in [1.165, 1.54) is 122 Å². The fourth-order valence-electron chi connectivity index (χ4n) is 7.86. The normalized spacial score (nSPS) is 20.6. The van der Waals surface area contributed by atoms with Gasteiger partial charge in [0.25, 0.3) is 0 Å². The molecule has 0 aromatic heterocycles. The first-order valence-corrected chi connectivity index (χ1v) is 26.6. The van der Waals surface area contributed by atoms with Crippen molar-refractivity contribution in [3.8, 4) is 0 Å². The number of hydrogen-bond donors (Lipinski definition) is 6. The van der Waals surface area contributed by atoms with Crippen LogP contribution in [-0.4, -0.2) is 99.6 Å². The zero-order valence-electron chi connectivity index (χ0n) is 41.8. The van der Waals surface area contributed by atoms with Crippen molar-refractivity contribution in [1.82, 2.24) is 5.32 Å². The highest BCUT2D eigenvalue weighted by atomic mass is 16.7. The molecule has 66 heavy (non-hydrogen) atoms. The Morgan fingerprint density at radius 3 is 1.55 bits per heavy atom. The molecule has 0 spiro atoms. The highest BCUT2D eigenvalue weighted by molar-refractivity contribution is 5.81. The summed E-state index contributed by atoms with van der Waals surface area (Å²) < 4.78 is 17.4. The molecule has 8 unspecified atom stereocenters. The van der Waals surface area contributed by atoms with Gasteiger partial charge in [-0.15, -0.1) is 0 Å². The Kier molecular flexibility index (Phi) is 40.6. The zero-order valence-corrected chi connectivity index (χ0v) is 41.8. The van der Waals surface area contributed by atoms with Gasteiger partial charge in [-0.3, -0.25) is 9.59 Å². The van der Waals surface area contributed by atoms with E-state index >= 15 is 0 Å². The molecule has 1 amide bonds. The van der Waals surface area contributed by atoms with Crippen LogP contribution >= 0.6 is 0 Å². The predicted octanol–water partition coefficient (Wildman–Crippen LogP) is 11.1. The van der Waals surface area contributed by atoms with Crippen LogP contribution in [0, 0.1) is 0 Å². The number of carbonyl (C=O) groups is 2. The summed E-state index contributed by atoms with van der Waals surface area (Å²) in [4.78, 5) is 26.3. The molecule has 0 saturated carbocycles. The number of aliphatic hydroxyl groups is 5. The van der Waals surface area contributed by atoms with Gasteiger partial charge in [0.05, 0.1) is 25.4 Å². The summed E-state index contributed by atoms with van der Waals surface area (Å²) in [5.41, 5.74) is 0. The SMILES string of the molecule is CCCCCCCC/C=C\C/C=C/CCC(=O)OC1C(OCC(NC(=O)C(O)C/C=C/C/C=C\CCCCCCCC)C(O)/C=C/CCCCCCCCCCCC)OC(CO)C(O)C1O. The van der Waals surface area contributed by atoms with E-state index in [0.717, 1.165) is 44.9 Å². The van der Waals surface area contributed by atoms with Crippen LogP contribution in [0.25, 0.3) is 0 Å². The number of allylic oxidation sites excluding steroid dienone is 8. The number of amides is 1. The minimum absolute atomic E-state index is 0.0104.